The van der Waals surface area contributed by atoms with E-state index in [9.17, 15) is 13.2 Å². The van der Waals surface area contributed by atoms with Gasteiger partial charge < -0.3 is 19.5 Å². The first-order valence-electron chi connectivity index (χ1n) is 9.91. The zero-order valence-electron chi connectivity index (χ0n) is 18.3. The van der Waals surface area contributed by atoms with Gasteiger partial charge >= 0.3 is 0 Å². The first kappa shape index (κ1) is 24.3. The summed E-state index contributed by atoms with van der Waals surface area (Å²) in [4.78, 5) is 12.2. The highest BCUT2D eigenvalue weighted by atomic mass is 32.2. The maximum Gasteiger partial charge on any atom is 0.232 e. The third-order valence-electron chi connectivity index (χ3n) is 4.47. The van der Waals surface area contributed by atoms with E-state index in [1.165, 1.54) is 11.4 Å². The number of carbonyl (C=O) groups is 1. The lowest BCUT2D eigenvalue weighted by molar-refractivity contribution is -0.121. The van der Waals surface area contributed by atoms with Gasteiger partial charge in [0.05, 0.1) is 32.2 Å². The molecule has 2 aromatic carbocycles. The Bertz CT molecular complexity index is 947. The van der Waals surface area contributed by atoms with E-state index in [1.54, 1.807) is 55.6 Å². The average Bonchev–Trinajstić information content (AvgIpc) is 2.74. The summed E-state index contributed by atoms with van der Waals surface area (Å²) in [7, 11) is -0.373. The molecule has 1 N–H and O–H groups in total. The second-order valence-electron chi connectivity index (χ2n) is 7.10. The zero-order valence-corrected chi connectivity index (χ0v) is 19.1. The van der Waals surface area contributed by atoms with Crippen molar-refractivity contribution in [1.82, 2.24) is 5.32 Å². The van der Waals surface area contributed by atoms with E-state index in [0.29, 0.717) is 30.2 Å². The van der Waals surface area contributed by atoms with Crippen LogP contribution in [0.2, 0.25) is 0 Å². The number of amides is 1. The van der Waals surface area contributed by atoms with Crippen LogP contribution in [0.3, 0.4) is 0 Å². The van der Waals surface area contributed by atoms with Gasteiger partial charge in [0.25, 0.3) is 0 Å². The monoisotopic (exact) mass is 450 g/mol. The molecule has 8 nitrogen and oxygen atoms in total. The molecule has 0 aromatic heterocycles. The van der Waals surface area contributed by atoms with Crippen molar-refractivity contribution in [2.24, 2.45) is 0 Å². The molecular formula is C22H30N2O6S. The molecule has 1 atom stereocenters. The Morgan fingerprint density at radius 1 is 1.03 bits per heavy atom. The molecule has 170 valence electrons. The molecule has 2 aromatic rings. The van der Waals surface area contributed by atoms with Crippen molar-refractivity contribution in [2.45, 2.75) is 25.8 Å². The van der Waals surface area contributed by atoms with Gasteiger partial charge in [0, 0.05) is 19.0 Å². The maximum atomic E-state index is 12.2. The molecule has 1 amide bonds. The van der Waals surface area contributed by atoms with Crippen LogP contribution in [0.4, 0.5) is 5.69 Å². The normalized spacial score (nSPS) is 12.0. The van der Waals surface area contributed by atoms with Crippen molar-refractivity contribution in [3.8, 4) is 17.2 Å². The molecular weight excluding hydrogens is 420 g/mol. The molecule has 0 heterocycles. The fourth-order valence-electron chi connectivity index (χ4n) is 2.92. The van der Waals surface area contributed by atoms with Gasteiger partial charge in [-0.15, -0.1) is 0 Å². The van der Waals surface area contributed by atoms with Crippen molar-refractivity contribution in [3.63, 3.8) is 0 Å². The minimum atomic E-state index is -3.49. The second-order valence-corrected chi connectivity index (χ2v) is 9.00. The lowest BCUT2D eigenvalue weighted by Crippen LogP contribution is -2.37. The van der Waals surface area contributed by atoms with E-state index in [-0.39, 0.29) is 24.9 Å². The summed E-state index contributed by atoms with van der Waals surface area (Å²) in [6, 6.07) is 13.8. The number of sulfonamides is 1. The number of hydrogen-bond donors (Lipinski definition) is 1. The summed E-state index contributed by atoms with van der Waals surface area (Å²) in [5.74, 6) is 1.83. The van der Waals surface area contributed by atoms with Crippen LogP contribution in [0.15, 0.2) is 48.5 Å². The van der Waals surface area contributed by atoms with Crippen LogP contribution >= 0.6 is 0 Å². The molecule has 0 saturated carbocycles. The maximum absolute atomic E-state index is 12.2. The van der Waals surface area contributed by atoms with Crippen LogP contribution < -0.4 is 23.8 Å². The third kappa shape index (κ3) is 8.01. The fourth-order valence-corrected chi connectivity index (χ4v) is 3.87. The number of carbonyl (C=O) groups excluding carboxylic acids is 1. The van der Waals surface area contributed by atoms with Crippen molar-refractivity contribution >= 4 is 21.6 Å². The Hall–Kier alpha value is -2.94. The molecule has 0 bridgehead atoms. The molecule has 0 fully saturated rings. The molecule has 0 spiro atoms. The lowest BCUT2D eigenvalue weighted by atomic mass is 10.2. The topological polar surface area (TPSA) is 94.2 Å². The average molecular weight is 451 g/mol. The van der Waals surface area contributed by atoms with Crippen LogP contribution in [0.1, 0.15) is 19.8 Å². The van der Waals surface area contributed by atoms with Crippen molar-refractivity contribution in [1.29, 1.82) is 0 Å². The molecule has 0 unspecified atom stereocenters. The summed E-state index contributed by atoms with van der Waals surface area (Å²) < 4.78 is 41.6. The molecule has 0 aliphatic heterocycles. The van der Waals surface area contributed by atoms with Gasteiger partial charge in [-0.2, -0.15) is 0 Å². The number of nitrogens with zero attached hydrogens (tertiary/aromatic N) is 1. The molecule has 9 heteroatoms. The van der Waals surface area contributed by atoms with E-state index >= 15 is 0 Å². The number of anilines is 1. The SMILES string of the molecule is COc1ccc(OC[C@H](C)NC(=O)CCCN(c2cccc(OC)c2)S(C)(=O)=O)cc1. The highest BCUT2D eigenvalue weighted by molar-refractivity contribution is 7.92. The summed E-state index contributed by atoms with van der Waals surface area (Å²) in [6.07, 6.45) is 1.72. The Balaban J connectivity index is 1.81. The number of ether oxygens (including phenoxy) is 3. The van der Waals surface area contributed by atoms with Gasteiger partial charge in [-0.3, -0.25) is 9.10 Å². The molecule has 0 saturated heterocycles. The first-order valence-corrected chi connectivity index (χ1v) is 11.8. The highest BCUT2D eigenvalue weighted by Gasteiger charge is 2.18. The van der Waals surface area contributed by atoms with Crippen molar-refractivity contribution < 1.29 is 27.4 Å². The number of hydrogen-bond acceptors (Lipinski definition) is 6. The lowest BCUT2D eigenvalue weighted by Gasteiger charge is -2.23. The van der Waals surface area contributed by atoms with Crippen molar-refractivity contribution in [3.05, 3.63) is 48.5 Å². The number of benzene rings is 2. The minimum absolute atomic E-state index is 0.162. The van der Waals surface area contributed by atoms with E-state index in [4.69, 9.17) is 14.2 Å². The summed E-state index contributed by atoms with van der Waals surface area (Å²) in [6.45, 7) is 2.36. The quantitative estimate of drug-likeness (QED) is 0.534. The standard InChI is InChI=1S/C22H30N2O6S/c1-17(16-30-20-12-10-19(28-2)11-13-20)23-22(25)9-6-14-24(31(4,26)27)18-7-5-8-21(15-18)29-3/h5,7-8,10-13,15,17H,6,9,14,16H2,1-4H3,(H,23,25)/t17-/m0/s1. The van der Waals surface area contributed by atoms with Gasteiger partial charge in [-0.25, -0.2) is 8.42 Å². The number of methoxy groups -OCH3 is 2. The Morgan fingerprint density at radius 3 is 2.29 bits per heavy atom. The largest absolute Gasteiger partial charge is 0.497 e. The molecule has 0 aliphatic carbocycles. The molecule has 2 rings (SSSR count). The second kappa shape index (κ2) is 11.5. The van der Waals surface area contributed by atoms with Gasteiger partial charge in [0.15, 0.2) is 0 Å². The number of rotatable bonds is 12. The van der Waals surface area contributed by atoms with E-state index in [0.717, 1.165) is 12.0 Å². The van der Waals surface area contributed by atoms with E-state index in [2.05, 4.69) is 5.32 Å². The van der Waals surface area contributed by atoms with E-state index in [1.807, 2.05) is 6.92 Å². The Morgan fingerprint density at radius 2 is 1.68 bits per heavy atom. The fraction of sp³-hybridized carbons (Fsp3) is 0.409. The predicted octanol–water partition coefficient (Wildman–Crippen LogP) is 2.83. The first-order chi connectivity index (χ1) is 14.7. The highest BCUT2D eigenvalue weighted by Crippen LogP contribution is 2.23. The number of nitrogens with one attached hydrogen (secondary N) is 1. The van der Waals surface area contributed by atoms with Crippen LogP contribution in [-0.2, 0) is 14.8 Å². The molecule has 0 aliphatic rings. The Kier molecular flexibility index (Phi) is 8.99. The van der Waals surface area contributed by atoms with Crippen molar-refractivity contribution in [2.75, 3.05) is 37.9 Å². The summed E-state index contributed by atoms with van der Waals surface area (Å²) in [5.41, 5.74) is 0.503. The smallest absolute Gasteiger partial charge is 0.232 e. The van der Waals surface area contributed by atoms with Crippen LogP contribution in [0.5, 0.6) is 17.2 Å². The van der Waals surface area contributed by atoms with Crippen LogP contribution in [0.25, 0.3) is 0 Å². The molecule has 0 radical (unpaired) electrons. The van der Waals surface area contributed by atoms with Gasteiger partial charge in [0.2, 0.25) is 15.9 Å². The zero-order chi connectivity index (χ0) is 22.9. The predicted molar refractivity (Wildman–Crippen MR) is 121 cm³/mol. The summed E-state index contributed by atoms with van der Waals surface area (Å²) >= 11 is 0. The van der Waals surface area contributed by atoms with Crippen LogP contribution in [0, 0.1) is 0 Å². The van der Waals surface area contributed by atoms with Gasteiger partial charge in [0.1, 0.15) is 23.9 Å². The Labute approximate surface area is 184 Å². The van der Waals surface area contributed by atoms with Gasteiger partial charge in [-0.1, -0.05) is 6.07 Å². The minimum Gasteiger partial charge on any atom is -0.497 e. The van der Waals surface area contributed by atoms with E-state index < -0.39 is 10.0 Å². The van der Waals surface area contributed by atoms with Crippen LogP contribution in [-0.4, -0.2) is 54.0 Å². The van der Waals surface area contributed by atoms with Gasteiger partial charge in [-0.05, 0) is 49.7 Å². The third-order valence-corrected chi connectivity index (χ3v) is 5.67. The molecule has 31 heavy (non-hydrogen) atoms. The summed E-state index contributed by atoms with van der Waals surface area (Å²) in [5, 5.41) is 2.87.